The number of halogens is 2. The summed E-state index contributed by atoms with van der Waals surface area (Å²) in [6.45, 7) is 10.5. The van der Waals surface area contributed by atoms with Crippen molar-refractivity contribution < 1.29 is 4.79 Å². The topological polar surface area (TPSA) is 48.5 Å². The Hall–Kier alpha value is -1.66. The second-order valence-electron chi connectivity index (χ2n) is 10.2. The van der Waals surface area contributed by atoms with Crippen LogP contribution in [0.5, 0.6) is 0 Å². The average Bonchev–Trinajstić information content (AvgIpc) is 3.21. The van der Waals surface area contributed by atoms with Crippen LogP contribution in [0.1, 0.15) is 56.8 Å². The molecule has 0 aliphatic carbocycles. The summed E-state index contributed by atoms with van der Waals surface area (Å²) in [6, 6.07) is 12.2. The highest BCUT2D eigenvalue weighted by molar-refractivity contribution is 6.30. The average molecular weight is 489 g/mol. The third-order valence-electron chi connectivity index (χ3n) is 6.99. The van der Waals surface area contributed by atoms with Crippen LogP contribution >= 0.6 is 23.2 Å². The summed E-state index contributed by atoms with van der Waals surface area (Å²) in [5.41, 5.74) is 2.21. The number of pyridine rings is 1. The van der Waals surface area contributed by atoms with Gasteiger partial charge in [-0.25, -0.2) is 0 Å². The Labute approximate surface area is 207 Å². The van der Waals surface area contributed by atoms with Gasteiger partial charge in [-0.05, 0) is 63.4 Å². The standard InChI is InChI=1S/C26H34Cl2N4O/c1-26(2,3)32-16-21(24-11-10-20(28)15-30-24)22(17-32)25(33)31-13-4-5-23(29-12-14-31)18-6-8-19(27)9-7-18/h6-11,15,21-23,29H,4-5,12-14,16-17H2,1-3H3/t21-,22-,23+/m1/s1. The highest BCUT2D eigenvalue weighted by Crippen LogP contribution is 2.37. The lowest BCUT2D eigenvalue weighted by Gasteiger charge is -2.33. The van der Waals surface area contributed by atoms with Crippen molar-refractivity contribution in [2.24, 2.45) is 5.92 Å². The second-order valence-corrected chi connectivity index (χ2v) is 11.1. The summed E-state index contributed by atoms with van der Waals surface area (Å²) >= 11 is 12.1. The molecule has 4 rings (SSSR count). The molecule has 3 atom stereocenters. The van der Waals surface area contributed by atoms with Gasteiger partial charge in [-0.1, -0.05) is 35.3 Å². The van der Waals surface area contributed by atoms with Crippen LogP contribution in [0.3, 0.4) is 0 Å². The molecule has 2 aromatic rings. The molecule has 2 aliphatic rings. The molecule has 1 N–H and O–H groups in total. The van der Waals surface area contributed by atoms with Gasteiger partial charge < -0.3 is 10.2 Å². The van der Waals surface area contributed by atoms with Crippen LogP contribution in [-0.4, -0.2) is 59.0 Å². The minimum Gasteiger partial charge on any atom is -0.341 e. The van der Waals surface area contributed by atoms with E-state index in [0.29, 0.717) is 11.1 Å². The van der Waals surface area contributed by atoms with Gasteiger partial charge in [-0.2, -0.15) is 0 Å². The normalized spacial score (nSPS) is 25.0. The van der Waals surface area contributed by atoms with Crippen LogP contribution < -0.4 is 5.32 Å². The number of likely N-dealkylation sites (tertiary alicyclic amines) is 1. The molecule has 2 saturated heterocycles. The summed E-state index contributed by atoms with van der Waals surface area (Å²) in [7, 11) is 0. The summed E-state index contributed by atoms with van der Waals surface area (Å²) in [5.74, 6) is 0.230. The van der Waals surface area contributed by atoms with Crippen LogP contribution in [0.2, 0.25) is 10.0 Å². The van der Waals surface area contributed by atoms with Gasteiger partial charge in [-0.3, -0.25) is 14.7 Å². The van der Waals surface area contributed by atoms with Gasteiger partial charge in [0, 0.05) is 67.1 Å². The Morgan fingerprint density at radius 3 is 2.42 bits per heavy atom. The number of nitrogens with one attached hydrogen (secondary N) is 1. The summed E-state index contributed by atoms with van der Waals surface area (Å²) in [5, 5.41) is 5.02. The van der Waals surface area contributed by atoms with E-state index in [2.05, 4.69) is 53.0 Å². The zero-order valence-electron chi connectivity index (χ0n) is 19.7. The Morgan fingerprint density at radius 1 is 1.03 bits per heavy atom. The van der Waals surface area contributed by atoms with Crippen molar-refractivity contribution in [1.82, 2.24) is 20.1 Å². The molecule has 1 aromatic carbocycles. The number of carbonyl (C=O) groups is 1. The van der Waals surface area contributed by atoms with E-state index in [9.17, 15) is 4.79 Å². The van der Waals surface area contributed by atoms with Crippen LogP contribution in [0.4, 0.5) is 0 Å². The van der Waals surface area contributed by atoms with E-state index < -0.39 is 0 Å². The lowest BCUT2D eigenvalue weighted by atomic mass is 9.90. The number of rotatable bonds is 3. The molecule has 5 nitrogen and oxygen atoms in total. The van der Waals surface area contributed by atoms with Crippen molar-refractivity contribution in [1.29, 1.82) is 0 Å². The molecule has 2 aliphatic heterocycles. The molecule has 178 valence electrons. The van der Waals surface area contributed by atoms with Gasteiger partial charge in [0.15, 0.2) is 0 Å². The highest BCUT2D eigenvalue weighted by Gasteiger charge is 2.44. The molecular weight excluding hydrogens is 455 g/mol. The first-order valence-electron chi connectivity index (χ1n) is 11.9. The molecule has 0 unspecified atom stereocenters. The van der Waals surface area contributed by atoms with Crippen LogP contribution in [0.25, 0.3) is 0 Å². The smallest absolute Gasteiger partial charge is 0.227 e. The van der Waals surface area contributed by atoms with E-state index in [-0.39, 0.29) is 23.3 Å². The third kappa shape index (κ3) is 5.89. The Balaban J connectivity index is 1.45. The van der Waals surface area contributed by atoms with E-state index in [4.69, 9.17) is 23.2 Å². The van der Waals surface area contributed by atoms with E-state index in [1.165, 1.54) is 5.56 Å². The summed E-state index contributed by atoms with van der Waals surface area (Å²) in [6.07, 6.45) is 3.65. The van der Waals surface area contributed by atoms with Gasteiger partial charge in [0.1, 0.15) is 0 Å². The monoisotopic (exact) mass is 488 g/mol. The lowest BCUT2D eigenvalue weighted by molar-refractivity contribution is -0.136. The molecular formula is C26H34Cl2N4O. The van der Waals surface area contributed by atoms with Crippen molar-refractivity contribution in [3.63, 3.8) is 0 Å². The van der Waals surface area contributed by atoms with Crippen LogP contribution in [-0.2, 0) is 4.79 Å². The van der Waals surface area contributed by atoms with Crippen molar-refractivity contribution >= 4 is 29.1 Å². The van der Waals surface area contributed by atoms with Crippen LogP contribution in [0, 0.1) is 5.92 Å². The van der Waals surface area contributed by atoms with Gasteiger partial charge in [0.05, 0.1) is 10.9 Å². The van der Waals surface area contributed by atoms with Gasteiger partial charge in [0.25, 0.3) is 0 Å². The zero-order chi connectivity index (χ0) is 23.6. The predicted octanol–water partition coefficient (Wildman–Crippen LogP) is 5.16. The Kier molecular flexibility index (Phi) is 7.64. The third-order valence-corrected chi connectivity index (χ3v) is 7.47. The van der Waals surface area contributed by atoms with Gasteiger partial charge in [-0.15, -0.1) is 0 Å². The lowest BCUT2D eigenvalue weighted by Crippen LogP contribution is -2.45. The van der Waals surface area contributed by atoms with Crippen molar-refractivity contribution in [2.75, 3.05) is 32.7 Å². The number of nitrogens with zero attached hydrogens (tertiary/aromatic N) is 3. The fraction of sp³-hybridized carbons (Fsp3) is 0.538. The minimum absolute atomic E-state index is 0.00330. The maximum atomic E-state index is 13.8. The Morgan fingerprint density at radius 2 is 1.76 bits per heavy atom. The number of benzene rings is 1. The first kappa shape index (κ1) is 24.5. The molecule has 1 aromatic heterocycles. The Bertz CT molecular complexity index is 932. The number of hydrogen-bond acceptors (Lipinski definition) is 4. The maximum Gasteiger partial charge on any atom is 0.227 e. The molecule has 0 spiro atoms. The van der Waals surface area contributed by atoms with E-state index in [1.54, 1.807) is 6.20 Å². The number of carbonyl (C=O) groups excluding carboxylic acids is 1. The van der Waals surface area contributed by atoms with Crippen molar-refractivity contribution in [3.05, 3.63) is 63.9 Å². The number of amides is 1. The zero-order valence-corrected chi connectivity index (χ0v) is 21.2. The molecule has 0 radical (unpaired) electrons. The second kappa shape index (κ2) is 10.3. The van der Waals surface area contributed by atoms with E-state index >= 15 is 0 Å². The maximum absolute atomic E-state index is 13.8. The highest BCUT2D eigenvalue weighted by atomic mass is 35.5. The SMILES string of the molecule is CC(C)(C)N1C[C@@H](C(=O)N2CCC[C@@H](c3ccc(Cl)cc3)NCC2)[C@H](c2ccc(Cl)cn2)C1. The molecule has 33 heavy (non-hydrogen) atoms. The molecule has 1 amide bonds. The fourth-order valence-electron chi connectivity index (χ4n) is 5.02. The summed E-state index contributed by atoms with van der Waals surface area (Å²) in [4.78, 5) is 22.8. The van der Waals surface area contributed by atoms with Crippen LogP contribution in [0.15, 0.2) is 42.6 Å². The first-order chi connectivity index (χ1) is 15.7. The molecule has 2 fully saturated rings. The molecule has 7 heteroatoms. The van der Waals surface area contributed by atoms with Gasteiger partial charge >= 0.3 is 0 Å². The van der Waals surface area contributed by atoms with Crippen molar-refractivity contribution in [2.45, 2.75) is 51.1 Å². The van der Waals surface area contributed by atoms with Crippen molar-refractivity contribution in [3.8, 4) is 0 Å². The number of hydrogen-bond donors (Lipinski definition) is 1. The first-order valence-corrected chi connectivity index (χ1v) is 12.6. The summed E-state index contributed by atoms with van der Waals surface area (Å²) < 4.78 is 0. The minimum atomic E-state index is -0.0932. The number of aromatic nitrogens is 1. The van der Waals surface area contributed by atoms with E-state index in [1.807, 2.05) is 24.3 Å². The van der Waals surface area contributed by atoms with Gasteiger partial charge in [0.2, 0.25) is 5.91 Å². The predicted molar refractivity (Wildman–Crippen MR) is 135 cm³/mol. The van der Waals surface area contributed by atoms with E-state index in [0.717, 1.165) is 56.3 Å². The quantitative estimate of drug-likeness (QED) is 0.648. The fourth-order valence-corrected chi connectivity index (χ4v) is 5.25. The molecule has 0 saturated carbocycles. The molecule has 3 heterocycles. The largest absolute Gasteiger partial charge is 0.341 e. The molecule has 0 bridgehead atoms.